The number of aromatic nitrogens is 3. The minimum absolute atomic E-state index is 0.0653. The Labute approximate surface area is 203 Å². The molecule has 1 aliphatic rings. The summed E-state index contributed by atoms with van der Waals surface area (Å²) in [6.45, 7) is 1.31. The average Bonchev–Trinajstić information content (AvgIpc) is 3.21. The van der Waals surface area contributed by atoms with Crippen LogP contribution in [-0.4, -0.2) is 27.4 Å². The highest BCUT2D eigenvalue weighted by Gasteiger charge is 2.19. The van der Waals surface area contributed by atoms with E-state index in [2.05, 4.69) is 21.6 Å². The second kappa shape index (κ2) is 9.52. The Morgan fingerprint density at radius 2 is 1.91 bits per heavy atom. The molecule has 5 rings (SSSR count). The van der Waals surface area contributed by atoms with Crippen molar-refractivity contribution in [2.24, 2.45) is 11.7 Å². The third-order valence-electron chi connectivity index (χ3n) is 6.72. The average molecular weight is 477 g/mol. The maximum Gasteiger partial charge on any atom is 0.250 e. The van der Waals surface area contributed by atoms with E-state index in [1.807, 2.05) is 42.6 Å². The molecule has 0 spiro atoms. The molecule has 2 aromatic heterocycles. The molecule has 7 nitrogen and oxygen atoms in total. The lowest BCUT2D eigenvalue weighted by Gasteiger charge is -2.26. The first-order valence-corrected chi connectivity index (χ1v) is 12.1. The summed E-state index contributed by atoms with van der Waals surface area (Å²) in [5.74, 6) is 1.06. The van der Waals surface area contributed by atoms with Gasteiger partial charge in [0.25, 0.3) is 5.56 Å². The highest BCUT2D eigenvalue weighted by atomic mass is 35.5. The fraction of sp³-hybridized carbons (Fsp3) is 0.308. The second-order valence-corrected chi connectivity index (χ2v) is 9.67. The minimum Gasteiger partial charge on any atom is -0.384 e. The number of benzene rings is 2. The third-order valence-corrected chi connectivity index (χ3v) is 6.96. The summed E-state index contributed by atoms with van der Waals surface area (Å²) in [4.78, 5) is 12.6. The van der Waals surface area contributed by atoms with E-state index in [9.17, 15) is 4.79 Å². The third kappa shape index (κ3) is 4.81. The van der Waals surface area contributed by atoms with Crippen LogP contribution in [0.2, 0.25) is 5.02 Å². The number of hydrogen-bond donors (Lipinski definition) is 4. The molecule has 2 aromatic carbocycles. The van der Waals surface area contributed by atoms with Gasteiger partial charge in [-0.15, -0.1) is 0 Å². The molecule has 0 amide bonds. The van der Waals surface area contributed by atoms with E-state index in [1.165, 1.54) is 0 Å². The highest BCUT2D eigenvalue weighted by molar-refractivity contribution is 6.30. The summed E-state index contributed by atoms with van der Waals surface area (Å²) in [6.07, 6.45) is 6.29. The number of nitrogens with two attached hydrogens (primary N) is 2. The van der Waals surface area contributed by atoms with Gasteiger partial charge in [-0.25, -0.2) is 0 Å². The predicted octanol–water partition coefficient (Wildman–Crippen LogP) is 4.60. The van der Waals surface area contributed by atoms with Crippen molar-refractivity contribution in [2.45, 2.75) is 38.3 Å². The summed E-state index contributed by atoms with van der Waals surface area (Å²) >= 11 is 6.13. The van der Waals surface area contributed by atoms with Crippen LogP contribution >= 0.6 is 11.6 Å². The number of rotatable bonds is 6. The van der Waals surface area contributed by atoms with Gasteiger partial charge in [-0.3, -0.25) is 9.89 Å². The Bertz CT molecular complexity index is 1370. The molecule has 0 saturated heterocycles. The first kappa shape index (κ1) is 22.5. The first-order valence-electron chi connectivity index (χ1n) is 11.7. The molecule has 8 heteroatoms. The molecule has 0 unspecified atom stereocenters. The number of pyridine rings is 1. The molecule has 0 radical (unpaired) electrons. The van der Waals surface area contributed by atoms with Crippen LogP contribution in [0.3, 0.4) is 0 Å². The summed E-state index contributed by atoms with van der Waals surface area (Å²) in [7, 11) is 0. The van der Waals surface area contributed by atoms with Crippen LogP contribution in [0.4, 0.5) is 11.5 Å². The number of fused-ring (bicyclic) bond motifs is 1. The standard InChI is InChI=1S/C26H29ClN6O/c27-20-3-1-2-17(10-20)14-33-15-18(6-9-24(33)34)19-11-22(25-23(12-19)31-32-26(25)29)30-13-16-4-7-21(28)8-5-16/h1-3,6,9-12,15-16,21,30H,4-5,7-8,13-14,28H2,(H3,29,31,32). The van der Waals surface area contributed by atoms with Crippen molar-refractivity contribution >= 4 is 34.0 Å². The zero-order valence-corrected chi connectivity index (χ0v) is 19.7. The SMILES string of the molecule is Nc1n[nH]c2cc(-c3ccc(=O)n(Cc4cccc(Cl)c4)c3)cc(NCC3CCC(N)CC3)c12. The van der Waals surface area contributed by atoms with E-state index in [0.717, 1.165) is 65.5 Å². The van der Waals surface area contributed by atoms with Gasteiger partial charge in [-0.1, -0.05) is 23.7 Å². The van der Waals surface area contributed by atoms with Gasteiger partial charge in [0.2, 0.25) is 0 Å². The number of nitrogen functional groups attached to an aromatic ring is 1. The second-order valence-electron chi connectivity index (χ2n) is 9.23. The Morgan fingerprint density at radius 1 is 1.09 bits per heavy atom. The number of H-pyrrole nitrogens is 1. The van der Waals surface area contributed by atoms with E-state index >= 15 is 0 Å². The molecule has 176 valence electrons. The molecule has 34 heavy (non-hydrogen) atoms. The van der Waals surface area contributed by atoms with Gasteiger partial charge in [-0.2, -0.15) is 5.10 Å². The maximum absolute atomic E-state index is 12.6. The van der Waals surface area contributed by atoms with E-state index in [1.54, 1.807) is 10.6 Å². The number of aromatic amines is 1. The number of halogens is 1. The van der Waals surface area contributed by atoms with E-state index in [-0.39, 0.29) is 5.56 Å². The fourth-order valence-corrected chi connectivity index (χ4v) is 5.01. The van der Waals surface area contributed by atoms with Crippen molar-refractivity contribution in [2.75, 3.05) is 17.6 Å². The van der Waals surface area contributed by atoms with Crippen LogP contribution in [0.15, 0.2) is 59.5 Å². The van der Waals surface area contributed by atoms with Crippen molar-refractivity contribution in [1.29, 1.82) is 0 Å². The van der Waals surface area contributed by atoms with Crippen LogP contribution in [0.5, 0.6) is 0 Å². The normalized spacial score (nSPS) is 18.3. The zero-order valence-electron chi connectivity index (χ0n) is 18.9. The fourth-order valence-electron chi connectivity index (χ4n) is 4.79. The van der Waals surface area contributed by atoms with Gasteiger partial charge >= 0.3 is 0 Å². The summed E-state index contributed by atoms with van der Waals surface area (Å²) in [6, 6.07) is 15.4. The summed E-state index contributed by atoms with van der Waals surface area (Å²) < 4.78 is 1.70. The van der Waals surface area contributed by atoms with E-state index in [4.69, 9.17) is 23.1 Å². The van der Waals surface area contributed by atoms with Crippen LogP contribution in [0, 0.1) is 5.92 Å². The lowest BCUT2D eigenvalue weighted by molar-refractivity contribution is 0.339. The molecule has 2 heterocycles. The number of hydrogen-bond acceptors (Lipinski definition) is 5. The largest absolute Gasteiger partial charge is 0.384 e. The number of anilines is 2. The van der Waals surface area contributed by atoms with Crippen LogP contribution in [-0.2, 0) is 6.54 Å². The van der Waals surface area contributed by atoms with Gasteiger partial charge in [0, 0.05) is 35.6 Å². The quantitative estimate of drug-likeness (QED) is 0.324. The molecule has 6 N–H and O–H groups in total. The van der Waals surface area contributed by atoms with Gasteiger partial charge < -0.3 is 21.4 Å². The van der Waals surface area contributed by atoms with Crippen molar-refractivity contribution in [1.82, 2.24) is 14.8 Å². The topological polar surface area (TPSA) is 115 Å². The van der Waals surface area contributed by atoms with Crippen molar-refractivity contribution in [3.05, 3.63) is 75.7 Å². The van der Waals surface area contributed by atoms with Crippen molar-refractivity contribution < 1.29 is 0 Å². The van der Waals surface area contributed by atoms with Crippen LogP contribution in [0.1, 0.15) is 31.2 Å². The zero-order chi connectivity index (χ0) is 23.7. The highest BCUT2D eigenvalue weighted by Crippen LogP contribution is 2.34. The van der Waals surface area contributed by atoms with Gasteiger partial charge in [0.15, 0.2) is 5.82 Å². The molecule has 1 aliphatic carbocycles. The number of nitrogens with zero attached hydrogens (tertiary/aromatic N) is 2. The molecule has 0 atom stereocenters. The summed E-state index contributed by atoms with van der Waals surface area (Å²) in [5, 5.41) is 12.4. The molecule has 0 aliphatic heterocycles. The van der Waals surface area contributed by atoms with Crippen molar-refractivity contribution in [3.8, 4) is 11.1 Å². The lowest BCUT2D eigenvalue weighted by Crippen LogP contribution is -2.29. The smallest absolute Gasteiger partial charge is 0.250 e. The van der Waals surface area contributed by atoms with Crippen molar-refractivity contribution in [3.63, 3.8) is 0 Å². The van der Waals surface area contributed by atoms with Crippen LogP contribution < -0.4 is 22.3 Å². The monoisotopic (exact) mass is 476 g/mol. The van der Waals surface area contributed by atoms with Crippen LogP contribution in [0.25, 0.3) is 22.0 Å². The van der Waals surface area contributed by atoms with E-state index in [0.29, 0.717) is 29.3 Å². The Hall–Kier alpha value is -3.29. The lowest BCUT2D eigenvalue weighted by atomic mass is 9.86. The molecule has 0 bridgehead atoms. The predicted molar refractivity (Wildman–Crippen MR) is 139 cm³/mol. The first-order chi connectivity index (χ1) is 16.5. The Morgan fingerprint density at radius 3 is 2.71 bits per heavy atom. The van der Waals surface area contributed by atoms with Gasteiger partial charge in [-0.05, 0) is 78.6 Å². The molecular weight excluding hydrogens is 448 g/mol. The van der Waals surface area contributed by atoms with E-state index < -0.39 is 0 Å². The Balaban J connectivity index is 1.46. The minimum atomic E-state index is -0.0653. The molecule has 1 saturated carbocycles. The van der Waals surface area contributed by atoms with Gasteiger partial charge in [0.05, 0.1) is 17.4 Å². The Kier molecular flexibility index (Phi) is 6.30. The van der Waals surface area contributed by atoms with Gasteiger partial charge in [0.1, 0.15) is 0 Å². The molecular formula is C26H29ClN6O. The number of nitrogens with one attached hydrogen (secondary N) is 2. The summed E-state index contributed by atoms with van der Waals surface area (Å²) in [5.41, 5.74) is 16.9. The maximum atomic E-state index is 12.6. The molecule has 4 aromatic rings. The molecule has 1 fully saturated rings.